The van der Waals surface area contributed by atoms with Crippen LogP contribution < -0.4 is 10.1 Å². The van der Waals surface area contributed by atoms with E-state index in [1.807, 2.05) is 0 Å². The molecule has 14 heteroatoms. The zero-order valence-electron chi connectivity index (χ0n) is 19.8. The van der Waals surface area contributed by atoms with Gasteiger partial charge in [0.2, 0.25) is 5.88 Å². The van der Waals surface area contributed by atoms with Crippen molar-refractivity contribution in [2.75, 3.05) is 11.5 Å². The Morgan fingerprint density at radius 2 is 1.92 bits per heavy atom. The van der Waals surface area contributed by atoms with E-state index in [4.69, 9.17) is 0 Å². The van der Waals surface area contributed by atoms with Crippen LogP contribution in [0.5, 0.6) is 5.88 Å². The van der Waals surface area contributed by atoms with Gasteiger partial charge in [-0.15, -0.1) is 0 Å². The first-order valence-electron chi connectivity index (χ1n) is 10.8. The lowest BCUT2D eigenvalue weighted by Crippen LogP contribution is -2.63. The van der Waals surface area contributed by atoms with Crippen LogP contribution in [0.25, 0.3) is 22.2 Å². The summed E-state index contributed by atoms with van der Waals surface area (Å²) in [5.41, 5.74) is -2.16. The Labute approximate surface area is 204 Å². The second-order valence-corrected chi connectivity index (χ2v) is 11.7. The molecule has 3 aromatic heterocycles. The number of fused-ring (bicyclic) bond motifs is 1. The number of alkyl halides is 2. The molecule has 0 radical (unpaired) electrons. The van der Waals surface area contributed by atoms with Crippen molar-refractivity contribution in [2.24, 2.45) is 0 Å². The van der Waals surface area contributed by atoms with Gasteiger partial charge in [0.1, 0.15) is 11.4 Å². The molecule has 1 amide bonds. The maximum atomic E-state index is 14.7. The molecule has 1 fully saturated rings. The molecule has 36 heavy (non-hydrogen) atoms. The van der Waals surface area contributed by atoms with E-state index in [1.54, 1.807) is 27.7 Å². The van der Waals surface area contributed by atoms with E-state index in [0.717, 1.165) is 12.3 Å². The van der Waals surface area contributed by atoms with Crippen LogP contribution in [0.2, 0.25) is 0 Å². The molecular weight excluding hydrogens is 503 g/mol. The Balaban J connectivity index is 1.82. The van der Waals surface area contributed by atoms with Crippen molar-refractivity contribution in [1.29, 1.82) is 0 Å². The van der Waals surface area contributed by atoms with Crippen molar-refractivity contribution in [3.63, 3.8) is 0 Å². The summed E-state index contributed by atoms with van der Waals surface area (Å²) in [6.07, 6.45) is 1.99. The molecule has 1 saturated heterocycles. The third-order valence-electron chi connectivity index (χ3n) is 6.00. The molecule has 194 valence electrons. The zero-order valence-corrected chi connectivity index (χ0v) is 20.6. The van der Waals surface area contributed by atoms with E-state index < -0.39 is 51.2 Å². The normalized spacial score (nSPS) is 17.6. The summed E-state index contributed by atoms with van der Waals surface area (Å²) in [6.45, 7) is 3.17. The smallest absolute Gasteiger partial charge is 0.388 e. The number of ether oxygens (including phenoxy) is 1. The molecule has 1 atom stereocenters. The molecule has 0 saturated carbocycles. The number of hydrogen-bond acceptors (Lipinski definition) is 8. The fourth-order valence-corrected chi connectivity index (χ4v) is 6.05. The minimum absolute atomic E-state index is 0.0108. The van der Waals surface area contributed by atoms with E-state index in [2.05, 4.69) is 25.1 Å². The molecule has 10 nitrogen and oxygen atoms in total. The van der Waals surface area contributed by atoms with E-state index in [1.165, 1.54) is 16.9 Å². The maximum absolute atomic E-state index is 14.7. The van der Waals surface area contributed by atoms with Crippen LogP contribution in [0, 0.1) is 5.82 Å². The van der Waals surface area contributed by atoms with Gasteiger partial charge in [-0.25, -0.2) is 17.8 Å². The van der Waals surface area contributed by atoms with E-state index in [0.29, 0.717) is 5.52 Å². The van der Waals surface area contributed by atoms with Gasteiger partial charge >= 0.3 is 6.61 Å². The Morgan fingerprint density at radius 3 is 2.50 bits per heavy atom. The maximum Gasteiger partial charge on any atom is 0.388 e. The highest BCUT2D eigenvalue weighted by Crippen LogP contribution is 2.35. The largest absolute Gasteiger partial charge is 0.417 e. The van der Waals surface area contributed by atoms with Gasteiger partial charge in [-0.1, -0.05) is 0 Å². The number of aliphatic hydroxyl groups is 1. The number of nitrogens with one attached hydrogen (secondary N) is 1. The van der Waals surface area contributed by atoms with Crippen LogP contribution in [-0.4, -0.2) is 68.4 Å². The van der Waals surface area contributed by atoms with Gasteiger partial charge in [-0.3, -0.25) is 14.5 Å². The molecule has 2 N–H and O–H groups in total. The number of hydrogen-bond donors (Lipinski definition) is 2. The molecular formula is C22H24F3N5O5S. The molecule has 4 heterocycles. The van der Waals surface area contributed by atoms with E-state index in [9.17, 15) is 31.5 Å². The second kappa shape index (κ2) is 8.69. The minimum Gasteiger partial charge on any atom is -0.417 e. The fraction of sp³-hybridized carbons (Fsp3) is 0.455. The molecule has 4 rings (SSSR count). The molecule has 3 aromatic rings. The molecule has 0 spiro atoms. The summed E-state index contributed by atoms with van der Waals surface area (Å²) in [7, 11) is -3.20. The second-order valence-electron chi connectivity index (χ2n) is 9.64. The highest BCUT2D eigenvalue weighted by Gasteiger charge is 2.46. The Bertz CT molecular complexity index is 1440. The van der Waals surface area contributed by atoms with Gasteiger partial charge in [0.25, 0.3) is 5.91 Å². The summed E-state index contributed by atoms with van der Waals surface area (Å²) < 4.78 is 68.9. The molecule has 0 bridgehead atoms. The minimum atomic E-state index is -3.20. The lowest BCUT2D eigenvalue weighted by molar-refractivity contribution is -0.0528. The topological polar surface area (TPSA) is 136 Å². The van der Waals surface area contributed by atoms with Crippen LogP contribution in [0.1, 0.15) is 44.2 Å². The van der Waals surface area contributed by atoms with Crippen molar-refractivity contribution in [3.8, 4) is 17.1 Å². The van der Waals surface area contributed by atoms with E-state index in [-0.39, 0.29) is 33.8 Å². The van der Waals surface area contributed by atoms with Crippen molar-refractivity contribution in [3.05, 3.63) is 36.0 Å². The average Bonchev–Trinajstić information content (AvgIpc) is 3.10. The van der Waals surface area contributed by atoms with Gasteiger partial charge in [-0.05, 0) is 33.8 Å². The summed E-state index contributed by atoms with van der Waals surface area (Å²) in [5, 5.41) is 18.0. The predicted octanol–water partition coefficient (Wildman–Crippen LogP) is 2.48. The highest BCUT2D eigenvalue weighted by molar-refractivity contribution is 7.93. The molecule has 0 aromatic carbocycles. The number of halogens is 3. The zero-order chi connectivity index (χ0) is 26.6. The Morgan fingerprint density at radius 1 is 1.25 bits per heavy atom. The first kappa shape index (κ1) is 25.8. The van der Waals surface area contributed by atoms with Gasteiger partial charge in [0, 0.05) is 23.2 Å². The summed E-state index contributed by atoms with van der Waals surface area (Å²) in [5.74, 6) is -2.40. The number of rotatable bonds is 7. The number of carbonyl (C=O) groups is 1. The summed E-state index contributed by atoms with van der Waals surface area (Å²) in [4.78, 5) is 20.5. The van der Waals surface area contributed by atoms with Crippen molar-refractivity contribution >= 4 is 26.6 Å². The Kier molecular flexibility index (Phi) is 6.23. The molecule has 1 unspecified atom stereocenters. The molecule has 0 aliphatic carbocycles. The third kappa shape index (κ3) is 5.00. The number of sulfone groups is 1. The number of pyridine rings is 2. The quantitative estimate of drug-likeness (QED) is 0.478. The van der Waals surface area contributed by atoms with Crippen LogP contribution in [0.3, 0.4) is 0 Å². The Hall–Kier alpha value is -3.26. The first-order chi connectivity index (χ1) is 16.6. The SMILES string of the molecule is CC(n1nc(-c2cc(OC(F)F)ncc2F)c2cnc(C(=O)NC3(C)CS(=O)(=O)C3)cc21)C(C)(C)O. The standard InChI is InChI=1S/C22H24F3N5O5S/c1-11(21(2,3)32)30-16-6-15(19(31)28-22(4)9-36(33,34)10-22)26-7-13(16)18(29-30)12-5-17(35-20(24)25)27-8-14(12)23/h5-8,11,20,32H,9-10H2,1-4H3,(H,28,31). The van der Waals surface area contributed by atoms with Gasteiger partial charge in [-0.2, -0.15) is 13.9 Å². The number of aromatic nitrogens is 4. The molecule has 1 aliphatic heterocycles. The van der Waals surface area contributed by atoms with Crippen LogP contribution >= 0.6 is 0 Å². The fourth-order valence-electron chi connectivity index (χ4n) is 4.05. The van der Waals surface area contributed by atoms with Gasteiger partial charge in [0.15, 0.2) is 15.7 Å². The van der Waals surface area contributed by atoms with Gasteiger partial charge in [0.05, 0.1) is 40.4 Å². The highest BCUT2D eigenvalue weighted by atomic mass is 32.2. The lowest BCUT2D eigenvalue weighted by Gasteiger charge is -2.38. The molecule has 1 aliphatic rings. The number of amides is 1. The number of nitrogens with zero attached hydrogens (tertiary/aromatic N) is 4. The predicted molar refractivity (Wildman–Crippen MR) is 123 cm³/mol. The van der Waals surface area contributed by atoms with E-state index >= 15 is 0 Å². The van der Waals surface area contributed by atoms with Crippen molar-refractivity contribution < 1.29 is 36.2 Å². The van der Waals surface area contributed by atoms with Crippen LogP contribution in [0.15, 0.2) is 24.5 Å². The summed E-state index contributed by atoms with van der Waals surface area (Å²) in [6, 6.07) is 1.68. The first-order valence-corrected chi connectivity index (χ1v) is 12.6. The van der Waals surface area contributed by atoms with Crippen molar-refractivity contribution in [1.82, 2.24) is 25.1 Å². The van der Waals surface area contributed by atoms with Crippen LogP contribution in [-0.2, 0) is 9.84 Å². The van der Waals surface area contributed by atoms with Gasteiger partial charge < -0.3 is 15.2 Å². The number of carbonyl (C=O) groups excluding carboxylic acids is 1. The van der Waals surface area contributed by atoms with Crippen molar-refractivity contribution in [2.45, 2.75) is 51.5 Å². The lowest BCUT2D eigenvalue weighted by atomic mass is 10.0. The summed E-state index contributed by atoms with van der Waals surface area (Å²) >= 11 is 0. The average molecular weight is 528 g/mol. The van der Waals surface area contributed by atoms with Crippen LogP contribution in [0.4, 0.5) is 13.2 Å². The third-order valence-corrected chi connectivity index (χ3v) is 8.16. The monoisotopic (exact) mass is 527 g/mol.